The molecule has 4 N–H and O–H groups in total. The third-order valence-corrected chi connectivity index (χ3v) is 4.40. The zero-order valence-corrected chi connectivity index (χ0v) is 15.1. The van der Waals surface area contributed by atoms with Crippen molar-refractivity contribution in [2.45, 2.75) is 25.3 Å². The summed E-state index contributed by atoms with van der Waals surface area (Å²) in [7, 11) is 0. The maximum atomic E-state index is 12.3. The molecule has 0 aliphatic heterocycles. The standard InChI is InChI=1S/C20H23N3O.ClH/c1-14(15-7-3-2-4-8-15)12-23-20(24)18(21)11-16-13-22-19-10-6-5-9-17(16)19;/h2-10,13-14,18,22H,11-12,21H2,1H3,(H,23,24);1H/t14?,18-;/m0./s1. The van der Waals surface area contributed by atoms with Gasteiger partial charge in [-0.05, 0) is 29.5 Å². The lowest BCUT2D eigenvalue weighted by molar-refractivity contribution is -0.122. The number of rotatable bonds is 6. The number of nitrogens with two attached hydrogens (primary N) is 1. The molecule has 0 saturated heterocycles. The van der Waals surface area contributed by atoms with Gasteiger partial charge in [0.1, 0.15) is 0 Å². The van der Waals surface area contributed by atoms with E-state index in [0.717, 1.165) is 16.5 Å². The summed E-state index contributed by atoms with van der Waals surface area (Å²) in [6, 6.07) is 17.7. The van der Waals surface area contributed by atoms with Gasteiger partial charge in [0.05, 0.1) is 6.04 Å². The Bertz CT molecular complexity index is 816. The molecule has 5 heteroatoms. The highest BCUT2D eigenvalue weighted by Gasteiger charge is 2.17. The van der Waals surface area contributed by atoms with E-state index >= 15 is 0 Å². The second-order valence-electron chi connectivity index (χ2n) is 6.23. The van der Waals surface area contributed by atoms with Gasteiger partial charge in [-0.2, -0.15) is 0 Å². The molecule has 0 aliphatic carbocycles. The van der Waals surface area contributed by atoms with Crippen LogP contribution in [0.5, 0.6) is 0 Å². The lowest BCUT2D eigenvalue weighted by Gasteiger charge is -2.16. The topological polar surface area (TPSA) is 70.9 Å². The molecular weight excluding hydrogens is 334 g/mol. The Labute approximate surface area is 154 Å². The van der Waals surface area contributed by atoms with Crippen LogP contribution in [0.1, 0.15) is 24.0 Å². The predicted molar refractivity (Wildman–Crippen MR) is 105 cm³/mol. The number of carbonyl (C=O) groups is 1. The molecule has 1 amide bonds. The molecule has 2 atom stereocenters. The molecular formula is C20H24ClN3O. The summed E-state index contributed by atoms with van der Waals surface area (Å²) in [5.74, 6) is 0.151. The van der Waals surface area contributed by atoms with Gasteiger partial charge in [0.25, 0.3) is 0 Å². The summed E-state index contributed by atoms with van der Waals surface area (Å²) in [5, 5.41) is 4.09. The van der Waals surface area contributed by atoms with E-state index in [4.69, 9.17) is 5.73 Å². The fourth-order valence-electron chi connectivity index (χ4n) is 2.91. The second-order valence-corrected chi connectivity index (χ2v) is 6.23. The van der Waals surface area contributed by atoms with Crippen LogP contribution in [0.15, 0.2) is 60.8 Å². The molecule has 4 nitrogen and oxygen atoms in total. The number of halogens is 1. The summed E-state index contributed by atoms with van der Waals surface area (Å²) in [4.78, 5) is 15.5. The van der Waals surface area contributed by atoms with Gasteiger partial charge >= 0.3 is 0 Å². The smallest absolute Gasteiger partial charge is 0.237 e. The van der Waals surface area contributed by atoms with Crippen molar-refractivity contribution in [2.75, 3.05) is 6.54 Å². The molecule has 1 aromatic heterocycles. The summed E-state index contributed by atoms with van der Waals surface area (Å²) in [5.41, 5.74) is 9.45. The highest BCUT2D eigenvalue weighted by Crippen LogP contribution is 2.19. The van der Waals surface area contributed by atoms with Crippen molar-refractivity contribution in [3.05, 3.63) is 71.9 Å². The van der Waals surface area contributed by atoms with Gasteiger partial charge in [-0.1, -0.05) is 55.5 Å². The molecule has 0 saturated carbocycles. The van der Waals surface area contributed by atoms with Crippen molar-refractivity contribution in [3.8, 4) is 0 Å². The second kappa shape index (κ2) is 8.70. The third-order valence-electron chi connectivity index (χ3n) is 4.40. The fraction of sp³-hybridized carbons (Fsp3) is 0.250. The molecule has 3 aromatic rings. The normalized spacial score (nSPS) is 13.0. The molecule has 132 valence electrons. The molecule has 2 aromatic carbocycles. The largest absolute Gasteiger partial charge is 0.361 e. The van der Waals surface area contributed by atoms with Crippen LogP contribution in [0.25, 0.3) is 10.9 Å². The minimum absolute atomic E-state index is 0. The molecule has 1 heterocycles. The van der Waals surface area contributed by atoms with Gasteiger partial charge in [-0.3, -0.25) is 4.79 Å². The first-order valence-corrected chi connectivity index (χ1v) is 8.28. The van der Waals surface area contributed by atoms with Gasteiger partial charge in [-0.15, -0.1) is 12.4 Å². The zero-order valence-electron chi connectivity index (χ0n) is 14.2. The SMILES string of the molecule is CC(CNC(=O)[C@@H](N)Cc1c[nH]c2ccccc12)c1ccccc1.Cl. The Balaban J connectivity index is 0.00000225. The Morgan fingerprint density at radius 2 is 1.80 bits per heavy atom. The lowest BCUT2D eigenvalue weighted by atomic mass is 10.0. The Morgan fingerprint density at radius 3 is 2.56 bits per heavy atom. The maximum absolute atomic E-state index is 12.3. The van der Waals surface area contributed by atoms with Crippen LogP contribution in [0, 0.1) is 0 Å². The monoisotopic (exact) mass is 357 g/mol. The van der Waals surface area contributed by atoms with Gasteiger partial charge in [-0.25, -0.2) is 0 Å². The van der Waals surface area contributed by atoms with Crippen LogP contribution >= 0.6 is 12.4 Å². The van der Waals surface area contributed by atoms with Crippen molar-refractivity contribution >= 4 is 29.2 Å². The van der Waals surface area contributed by atoms with Gasteiger partial charge in [0, 0.05) is 23.6 Å². The fourth-order valence-corrected chi connectivity index (χ4v) is 2.91. The van der Waals surface area contributed by atoms with Crippen LogP contribution in [-0.2, 0) is 11.2 Å². The van der Waals surface area contributed by atoms with Crippen LogP contribution in [0.2, 0.25) is 0 Å². The Morgan fingerprint density at radius 1 is 1.12 bits per heavy atom. The van der Waals surface area contributed by atoms with Crippen molar-refractivity contribution in [1.82, 2.24) is 10.3 Å². The molecule has 0 fully saturated rings. The molecule has 0 aliphatic rings. The first-order valence-electron chi connectivity index (χ1n) is 8.28. The average molecular weight is 358 g/mol. The van der Waals surface area contributed by atoms with E-state index < -0.39 is 6.04 Å². The number of aromatic nitrogens is 1. The van der Waals surface area contributed by atoms with Crippen LogP contribution in [-0.4, -0.2) is 23.5 Å². The average Bonchev–Trinajstić information content (AvgIpc) is 3.03. The van der Waals surface area contributed by atoms with Gasteiger partial charge in [0.15, 0.2) is 0 Å². The summed E-state index contributed by atoms with van der Waals surface area (Å²) >= 11 is 0. The van der Waals surface area contributed by atoms with E-state index in [1.54, 1.807) is 0 Å². The summed E-state index contributed by atoms with van der Waals surface area (Å²) in [6.45, 7) is 2.69. The summed E-state index contributed by atoms with van der Waals surface area (Å²) < 4.78 is 0. The van der Waals surface area contributed by atoms with E-state index in [-0.39, 0.29) is 24.2 Å². The maximum Gasteiger partial charge on any atom is 0.237 e. The van der Waals surface area contributed by atoms with Crippen LogP contribution in [0.4, 0.5) is 0 Å². The van der Waals surface area contributed by atoms with Crippen molar-refractivity contribution in [3.63, 3.8) is 0 Å². The quantitative estimate of drug-likeness (QED) is 0.633. The highest BCUT2D eigenvalue weighted by molar-refractivity contribution is 5.86. The van der Waals surface area contributed by atoms with Gasteiger partial charge in [0.2, 0.25) is 5.91 Å². The number of benzene rings is 2. The number of H-pyrrole nitrogens is 1. The number of hydrogen-bond donors (Lipinski definition) is 3. The molecule has 25 heavy (non-hydrogen) atoms. The number of carbonyl (C=O) groups excluding carboxylic acids is 1. The molecule has 0 radical (unpaired) electrons. The molecule has 1 unspecified atom stereocenters. The van der Waals surface area contributed by atoms with E-state index in [1.165, 1.54) is 5.56 Å². The highest BCUT2D eigenvalue weighted by atomic mass is 35.5. The minimum atomic E-state index is -0.549. The number of aromatic amines is 1. The Kier molecular flexibility index (Phi) is 6.62. The predicted octanol–water partition coefficient (Wildman–Crippen LogP) is 3.38. The number of fused-ring (bicyclic) bond motifs is 1. The number of para-hydroxylation sites is 1. The number of hydrogen-bond acceptors (Lipinski definition) is 2. The third kappa shape index (κ3) is 4.62. The first-order chi connectivity index (χ1) is 11.6. The number of nitrogens with one attached hydrogen (secondary N) is 2. The summed E-state index contributed by atoms with van der Waals surface area (Å²) in [6.07, 6.45) is 2.46. The van der Waals surface area contributed by atoms with Crippen molar-refractivity contribution < 1.29 is 4.79 Å². The minimum Gasteiger partial charge on any atom is -0.361 e. The lowest BCUT2D eigenvalue weighted by Crippen LogP contribution is -2.43. The van der Waals surface area contributed by atoms with E-state index in [1.807, 2.05) is 48.7 Å². The molecule has 0 bridgehead atoms. The molecule has 3 rings (SSSR count). The molecule has 0 spiro atoms. The van der Waals surface area contributed by atoms with Crippen LogP contribution < -0.4 is 11.1 Å². The van der Waals surface area contributed by atoms with Crippen molar-refractivity contribution in [2.24, 2.45) is 5.73 Å². The van der Waals surface area contributed by atoms with E-state index in [0.29, 0.717) is 13.0 Å². The van der Waals surface area contributed by atoms with Crippen molar-refractivity contribution in [1.29, 1.82) is 0 Å². The van der Waals surface area contributed by atoms with E-state index in [9.17, 15) is 4.79 Å². The van der Waals surface area contributed by atoms with Gasteiger partial charge < -0.3 is 16.0 Å². The number of amides is 1. The first kappa shape index (κ1) is 19.0. The zero-order chi connectivity index (χ0) is 16.9. The Hall–Kier alpha value is -2.30. The van der Waals surface area contributed by atoms with Crippen LogP contribution in [0.3, 0.4) is 0 Å². The van der Waals surface area contributed by atoms with E-state index in [2.05, 4.69) is 29.4 Å².